The molecule has 1 unspecified atom stereocenters. The lowest BCUT2D eigenvalue weighted by Crippen LogP contribution is -2.34. The van der Waals surface area contributed by atoms with Crippen molar-refractivity contribution in [1.29, 1.82) is 0 Å². The minimum Gasteiger partial charge on any atom is -0.487 e. The number of halogens is 2. The van der Waals surface area contributed by atoms with E-state index >= 15 is 0 Å². The van der Waals surface area contributed by atoms with Crippen molar-refractivity contribution in [1.82, 2.24) is 10.6 Å². The molecule has 0 aromatic heterocycles. The van der Waals surface area contributed by atoms with E-state index in [-0.39, 0.29) is 24.4 Å². The number of ether oxygens (including phenoxy) is 1. The maximum absolute atomic E-state index is 11.9. The minimum atomic E-state index is -0.109. The average molecular weight is 361 g/mol. The Hall–Kier alpha value is -0.970. The van der Waals surface area contributed by atoms with Gasteiger partial charge in [-0.05, 0) is 57.3 Å². The molecule has 4 nitrogen and oxygen atoms in total. The van der Waals surface area contributed by atoms with Crippen molar-refractivity contribution in [2.75, 3.05) is 19.6 Å². The zero-order chi connectivity index (χ0) is 15.8. The summed E-state index contributed by atoms with van der Waals surface area (Å²) in [6.45, 7) is 4.58. The smallest absolute Gasteiger partial charge is 0.220 e. The molecule has 1 atom stereocenters. The average Bonchev–Trinajstić information content (AvgIpc) is 2.54. The first-order valence-electron chi connectivity index (χ1n) is 8.03. The highest BCUT2D eigenvalue weighted by molar-refractivity contribution is 6.32. The summed E-state index contributed by atoms with van der Waals surface area (Å²) in [5.41, 5.74) is 0. The Morgan fingerprint density at radius 1 is 1.39 bits per heavy atom. The quantitative estimate of drug-likeness (QED) is 0.782. The molecule has 1 aromatic rings. The first-order chi connectivity index (χ1) is 10.6. The van der Waals surface area contributed by atoms with Crippen LogP contribution < -0.4 is 15.4 Å². The molecule has 1 aromatic carbocycles. The summed E-state index contributed by atoms with van der Waals surface area (Å²) in [6.07, 6.45) is 3.83. The highest BCUT2D eigenvalue weighted by Crippen LogP contribution is 2.24. The van der Waals surface area contributed by atoms with Gasteiger partial charge in [-0.1, -0.05) is 23.7 Å². The molecule has 1 saturated heterocycles. The zero-order valence-electron chi connectivity index (χ0n) is 13.5. The number of nitrogens with one attached hydrogen (secondary N) is 2. The van der Waals surface area contributed by atoms with Crippen LogP contribution in [0.4, 0.5) is 0 Å². The maximum atomic E-state index is 11.9. The molecule has 1 heterocycles. The Labute approximate surface area is 149 Å². The van der Waals surface area contributed by atoms with Crippen molar-refractivity contribution in [3.8, 4) is 5.75 Å². The molecule has 2 N–H and O–H groups in total. The Bertz CT molecular complexity index is 479. The van der Waals surface area contributed by atoms with E-state index in [1.807, 2.05) is 25.1 Å². The van der Waals surface area contributed by atoms with Crippen molar-refractivity contribution in [2.24, 2.45) is 5.92 Å². The molecule has 0 aliphatic carbocycles. The van der Waals surface area contributed by atoms with Crippen LogP contribution in [0.15, 0.2) is 24.3 Å². The molecule has 0 radical (unpaired) electrons. The van der Waals surface area contributed by atoms with Gasteiger partial charge in [-0.25, -0.2) is 0 Å². The van der Waals surface area contributed by atoms with Gasteiger partial charge in [0.1, 0.15) is 11.9 Å². The van der Waals surface area contributed by atoms with E-state index in [9.17, 15) is 4.79 Å². The summed E-state index contributed by atoms with van der Waals surface area (Å²) in [5.74, 6) is 1.44. The second-order valence-corrected chi connectivity index (χ2v) is 6.30. The Morgan fingerprint density at radius 3 is 2.78 bits per heavy atom. The van der Waals surface area contributed by atoms with Crippen LogP contribution in [0.5, 0.6) is 5.75 Å². The number of carbonyl (C=O) groups excluding carboxylic acids is 1. The second-order valence-electron chi connectivity index (χ2n) is 5.90. The predicted octanol–water partition coefficient (Wildman–Crippen LogP) is 3.43. The lowest BCUT2D eigenvalue weighted by atomic mass is 9.93. The summed E-state index contributed by atoms with van der Waals surface area (Å²) in [5, 5.41) is 6.87. The first-order valence-corrected chi connectivity index (χ1v) is 8.41. The molecule has 1 aliphatic rings. The van der Waals surface area contributed by atoms with Crippen LogP contribution in [0.2, 0.25) is 5.02 Å². The van der Waals surface area contributed by atoms with Crippen molar-refractivity contribution in [3.05, 3.63) is 29.3 Å². The third kappa shape index (κ3) is 7.42. The molecule has 1 amide bonds. The lowest BCUT2D eigenvalue weighted by Gasteiger charge is -2.22. The van der Waals surface area contributed by atoms with Crippen LogP contribution in [0.1, 0.15) is 32.6 Å². The number of benzene rings is 1. The van der Waals surface area contributed by atoms with Gasteiger partial charge in [-0.3, -0.25) is 4.79 Å². The summed E-state index contributed by atoms with van der Waals surface area (Å²) < 4.78 is 5.74. The summed E-state index contributed by atoms with van der Waals surface area (Å²) in [7, 11) is 0. The molecule has 130 valence electrons. The van der Waals surface area contributed by atoms with Crippen LogP contribution in [0.3, 0.4) is 0 Å². The number of hydrogen-bond donors (Lipinski definition) is 2. The van der Waals surface area contributed by atoms with E-state index in [0.29, 0.717) is 29.7 Å². The summed E-state index contributed by atoms with van der Waals surface area (Å²) >= 11 is 6.05. The van der Waals surface area contributed by atoms with Gasteiger partial charge in [0.15, 0.2) is 0 Å². The SMILES string of the molecule is CC(CNC(=O)CCC1CCNCC1)Oc1ccccc1Cl.Cl. The maximum Gasteiger partial charge on any atom is 0.220 e. The molecule has 0 spiro atoms. The first kappa shape index (κ1) is 20.1. The van der Waals surface area contributed by atoms with E-state index in [1.54, 1.807) is 6.07 Å². The topological polar surface area (TPSA) is 50.4 Å². The highest BCUT2D eigenvalue weighted by Gasteiger charge is 2.15. The van der Waals surface area contributed by atoms with Gasteiger partial charge in [0.05, 0.1) is 11.6 Å². The van der Waals surface area contributed by atoms with E-state index in [2.05, 4.69) is 10.6 Å². The highest BCUT2D eigenvalue weighted by atomic mass is 35.5. The Kier molecular flexibility index (Phi) is 9.37. The van der Waals surface area contributed by atoms with Crippen molar-refractivity contribution >= 4 is 29.9 Å². The molecular weight excluding hydrogens is 335 g/mol. The number of para-hydroxylation sites is 1. The molecule has 23 heavy (non-hydrogen) atoms. The molecule has 0 saturated carbocycles. The molecular formula is C17H26Cl2N2O2. The third-order valence-electron chi connectivity index (χ3n) is 3.99. The van der Waals surface area contributed by atoms with E-state index in [4.69, 9.17) is 16.3 Å². The van der Waals surface area contributed by atoms with Gasteiger partial charge in [-0.15, -0.1) is 12.4 Å². The fraction of sp³-hybridized carbons (Fsp3) is 0.588. The van der Waals surface area contributed by atoms with Crippen molar-refractivity contribution < 1.29 is 9.53 Å². The van der Waals surface area contributed by atoms with Gasteiger partial charge >= 0.3 is 0 Å². The van der Waals surface area contributed by atoms with E-state index in [0.717, 1.165) is 19.5 Å². The standard InChI is InChI=1S/C17H25ClN2O2.ClH/c1-13(22-16-5-3-2-4-15(16)18)12-20-17(21)7-6-14-8-10-19-11-9-14;/h2-5,13-14,19H,6-12H2,1H3,(H,20,21);1H. The van der Waals surface area contributed by atoms with Crippen LogP contribution in [-0.4, -0.2) is 31.6 Å². The zero-order valence-corrected chi connectivity index (χ0v) is 15.1. The number of amides is 1. The normalized spacial score (nSPS) is 16.3. The number of carbonyl (C=O) groups is 1. The molecule has 0 bridgehead atoms. The van der Waals surface area contributed by atoms with Gasteiger partial charge in [0.25, 0.3) is 0 Å². The number of hydrogen-bond acceptors (Lipinski definition) is 3. The number of piperidine rings is 1. The monoisotopic (exact) mass is 360 g/mol. The van der Waals surface area contributed by atoms with E-state index < -0.39 is 0 Å². The largest absolute Gasteiger partial charge is 0.487 e. The fourth-order valence-electron chi connectivity index (χ4n) is 2.65. The fourth-order valence-corrected chi connectivity index (χ4v) is 2.83. The van der Waals surface area contributed by atoms with Crippen LogP contribution >= 0.6 is 24.0 Å². The summed E-state index contributed by atoms with van der Waals surface area (Å²) in [4.78, 5) is 11.9. The molecule has 1 aliphatic heterocycles. The van der Waals surface area contributed by atoms with Gasteiger partial charge < -0.3 is 15.4 Å². The number of rotatable bonds is 7. The van der Waals surface area contributed by atoms with Crippen LogP contribution in [-0.2, 0) is 4.79 Å². The van der Waals surface area contributed by atoms with Crippen LogP contribution in [0, 0.1) is 5.92 Å². The molecule has 6 heteroatoms. The van der Waals surface area contributed by atoms with Gasteiger partial charge in [-0.2, -0.15) is 0 Å². The van der Waals surface area contributed by atoms with Crippen molar-refractivity contribution in [3.63, 3.8) is 0 Å². The van der Waals surface area contributed by atoms with Gasteiger partial charge in [0.2, 0.25) is 5.91 Å². The van der Waals surface area contributed by atoms with Gasteiger partial charge in [0, 0.05) is 6.42 Å². The second kappa shape index (κ2) is 10.7. The molecule has 1 fully saturated rings. The Balaban J connectivity index is 0.00000264. The lowest BCUT2D eigenvalue weighted by molar-refractivity contribution is -0.121. The summed E-state index contributed by atoms with van der Waals surface area (Å²) in [6, 6.07) is 7.37. The van der Waals surface area contributed by atoms with Crippen molar-refractivity contribution in [2.45, 2.75) is 38.7 Å². The van der Waals surface area contributed by atoms with E-state index in [1.165, 1.54) is 12.8 Å². The Morgan fingerprint density at radius 2 is 2.09 bits per heavy atom. The predicted molar refractivity (Wildman–Crippen MR) is 96.6 cm³/mol. The third-order valence-corrected chi connectivity index (χ3v) is 4.30. The molecule has 2 rings (SSSR count). The minimum absolute atomic E-state index is 0. The van der Waals surface area contributed by atoms with Crippen LogP contribution in [0.25, 0.3) is 0 Å².